The summed E-state index contributed by atoms with van der Waals surface area (Å²) in [5.41, 5.74) is 2.18. The summed E-state index contributed by atoms with van der Waals surface area (Å²) in [5, 5.41) is 10.1. The van der Waals surface area contributed by atoms with Gasteiger partial charge in [-0.1, -0.05) is 11.2 Å². The minimum atomic E-state index is -0.864. The second-order valence-corrected chi connectivity index (χ2v) is 6.43. The highest BCUT2D eigenvalue weighted by atomic mass is 19.2. The molecule has 25 heavy (non-hydrogen) atoms. The van der Waals surface area contributed by atoms with Crippen molar-refractivity contribution in [3.05, 3.63) is 52.4 Å². The van der Waals surface area contributed by atoms with E-state index in [1.165, 1.54) is 6.07 Å². The molecule has 2 unspecified atom stereocenters. The zero-order chi connectivity index (χ0) is 18.0. The molecule has 0 radical (unpaired) electrons. The molecule has 3 rings (SSSR count). The van der Waals surface area contributed by atoms with E-state index in [0.29, 0.717) is 23.6 Å². The predicted octanol–water partition coefficient (Wildman–Crippen LogP) is 2.37. The van der Waals surface area contributed by atoms with Crippen molar-refractivity contribution in [2.75, 3.05) is 13.1 Å². The minimum Gasteiger partial charge on any atom is -0.361 e. The van der Waals surface area contributed by atoms with Gasteiger partial charge >= 0.3 is 0 Å². The summed E-state index contributed by atoms with van der Waals surface area (Å²) < 4.78 is 31.8. The molecule has 0 aliphatic carbocycles. The van der Waals surface area contributed by atoms with Crippen LogP contribution in [0.1, 0.15) is 34.9 Å². The average molecular weight is 349 g/mol. The molecule has 1 fully saturated rings. The number of aromatic nitrogens is 1. The first-order valence-electron chi connectivity index (χ1n) is 8.32. The van der Waals surface area contributed by atoms with Gasteiger partial charge in [0.2, 0.25) is 5.91 Å². The monoisotopic (exact) mass is 349 g/mol. The Labute approximate surface area is 144 Å². The molecule has 1 aromatic heterocycles. The maximum Gasteiger partial charge on any atom is 0.224 e. The molecule has 0 spiro atoms. The SMILES string of the molecule is Cc1noc(C)c1CC(=O)NC1CNCCC1c1ccc(F)c(F)c1. The third-order valence-corrected chi connectivity index (χ3v) is 4.72. The number of amides is 1. The van der Waals surface area contributed by atoms with Crippen molar-refractivity contribution in [3.8, 4) is 0 Å². The second kappa shape index (κ2) is 7.31. The maximum absolute atomic E-state index is 13.6. The lowest BCUT2D eigenvalue weighted by atomic mass is 9.86. The Morgan fingerprint density at radius 2 is 2.16 bits per heavy atom. The van der Waals surface area contributed by atoms with Crippen molar-refractivity contribution in [2.45, 2.75) is 38.6 Å². The van der Waals surface area contributed by atoms with Crippen molar-refractivity contribution in [1.82, 2.24) is 15.8 Å². The Hall–Kier alpha value is -2.28. The van der Waals surface area contributed by atoms with Crippen LogP contribution < -0.4 is 10.6 Å². The van der Waals surface area contributed by atoms with Crippen LogP contribution in [0.5, 0.6) is 0 Å². The van der Waals surface area contributed by atoms with Gasteiger partial charge in [0.05, 0.1) is 12.1 Å². The van der Waals surface area contributed by atoms with Gasteiger partial charge in [-0.2, -0.15) is 0 Å². The van der Waals surface area contributed by atoms with Crippen LogP contribution in [0.15, 0.2) is 22.7 Å². The molecule has 5 nitrogen and oxygen atoms in total. The van der Waals surface area contributed by atoms with Gasteiger partial charge in [-0.25, -0.2) is 8.78 Å². The average Bonchev–Trinajstić information content (AvgIpc) is 2.90. The molecule has 1 aliphatic heterocycles. The highest BCUT2D eigenvalue weighted by molar-refractivity contribution is 5.79. The summed E-state index contributed by atoms with van der Waals surface area (Å²) in [6, 6.07) is 3.75. The number of rotatable bonds is 4. The van der Waals surface area contributed by atoms with E-state index in [1.54, 1.807) is 19.9 Å². The van der Waals surface area contributed by atoms with Crippen LogP contribution in [0.2, 0.25) is 0 Å². The largest absolute Gasteiger partial charge is 0.361 e. The van der Waals surface area contributed by atoms with Gasteiger partial charge in [0.1, 0.15) is 5.76 Å². The van der Waals surface area contributed by atoms with Crippen molar-refractivity contribution in [2.24, 2.45) is 0 Å². The molecule has 2 heterocycles. The molecule has 1 aliphatic rings. The number of piperidine rings is 1. The molecule has 1 amide bonds. The topological polar surface area (TPSA) is 67.2 Å². The van der Waals surface area contributed by atoms with E-state index in [-0.39, 0.29) is 24.3 Å². The fraction of sp³-hybridized carbons (Fsp3) is 0.444. The van der Waals surface area contributed by atoms with E-state index in [4.69, 9.17) is 4.52 Å². The Morgan fingerprint density at radius 1 is 1.36 bits per heavy atom. The van der Waals surface area contributed by atoms with Gasteiger partial charge in [-0.15, -0.1) is 0 Å². The van der Waals surface area contributed by atoms with Crippen LogP contribution in [-0.4, -0.2) is 30.2 Å². The standard InChI is InChI=1S/C18H21F2N3O2/c1-10-14(11(2)25-23-10)8-18(24)22-17-9-21-6-5-13(17)12-3-4-15(19)16(20)7-12/h3-4,7,13,17,21H,5-6,8-9H2,1-2H3,(H,22,24). The van der Waals surface area contributed by atoms with E-state index >= 15 is 0 Å². The van der Waals surface area contributed by atoms with Gasteiger partial charge in [0.15, 0.2) is 11.6 Å². The quantitative estimate of drug-likeness (QED) is 0.889. The molecule has 0 bridgehead atoms. The highest BCUT2D eigenvalue weighted by Crippen LogP contribution is 2.27. The van der Waals surface area contributed by atoms with Gasteiger partial charge in [-0.05, 0) is 44.5 Å². The minimum absolute atomic E-state index is 0.0648. The lowest BCUT2D eigenvalue weighted by Gasteiger charge is -2.33. The zero-order valence-corrected chi connectivity index (χ0v) is 14.2. The number of nitrogens with one attached hydrogen (secondary N) is 2. The molecular formula is C18H21F2N3O2. The Bertz CT molecular complexity index is 756. The first-order valence-corrected chi connectivity index (χ1v) is 8.32. The number of hydrogen-bond acceptors (Lipinski definition) is 4. The van der Waals surface area contributed by atoms with E-state index in [9.17, 15) is 13.6 Å². The summed E-state index contributed by atoms with van der Waals surface area (Å²) in [4.78, 5) is 12.4. The fourth-order valence-electron chi connectivity index (χ4n) is 3.32. The number of hydrogen-bond donors (Lipinski definition) is 2. The summed E-state index contributed by atoms with van der Waals surface area (Å²) >= 11 is 0. The molecular weight excluding hydrogens is 328 g/mol. The van der Waals surface area contributed by atoms with Crippen molar-refractivity contribution >= 4 is 5.91 Å². The van der Waals surface area contributed by atoms with Crippen molar-refractivity contribution in [3.63, 3.8) is 0 Å². The third-order valence-electron chi connectivity index (χ3n) is 4.72. The van der Waals surface area contributed by atoms with Gasteiger partial charge in [0, 0.05) is 24.1 Å². The summed E-state index contributed by atoms with van der Waals surface area (Å²) in [6.07, 6.45) is 0.920. The lowest BCUT2D eigenvalue weighted by molar-refractivity contribution is -0.121. The normalized spacial score (nSPS) is 20.5. The van der Waals surface area contributed by atoms with Crippen molar-refractivity contribution in [1.29, 1.82) is 0 Å². The predicted molar refractivity (Wildman–Crippen MR) is 88.2 cm³/mol. The van der Waals surface area contributed by atoms with Crippen LogP contribution >= 0.6 is 0 Å². The molecule has 2 N–H and O–H groups in total. The van der Waals surface area contributed by atoms with Crippen LogP contribution in [-0.2, 0) is 11.2 Å². The fourth-order valence-corrected chi connectivity index (χ4v) is 3.32. The molecule has 0 saturated carbocycles. The van der Waals surface area contributed by atoms with Gasteiger partial charge in [0.25, 0.3) is 0 Å². The number of aryl methyl sites for hydroxylation is 2. The molecule has 1 saturated heterocycles. The molecule has 2 atom stereocenters. The van der Waals surface area contributed by atoms with E-state index < -0.39 is 11.6 Å². The lowest BCUT2D eigenvalue weighted by Crippen LogP contribution is -2.50. The van der Waals surface area contributed by atoms with Crippen molar-refractivity contribution < 1.29 is 18.1 Å². The first-order chi connectivity index (χ1) is 12.0. The van der Waals surface area contributed by atoms with Gasteiger partial charge in [-0.3, -0.25) is 4.79 Å². The van der Waals surface area contributed by atoms with Gasteiger partial charge < -0.3 is 15.2 Å². The number of carbonyl (C=O) groups is 1. The Balaban J connectivity index is 1.72. The smallest absolute Gasteiger partial charge is 0.224 e. The highest BCUT2D eigenvalue weighted by Gasteiger charge is 2.28. The molecule has 7 heteroatoms. The summed E-state index contributed by atoms with van der Waals surface area (Å²) in [5.74, 6) is -1.30. The Morgan fingerprint density at radius 3 is 2.84 bits per heavy atom. The maximum atomic E-state index is 13.6. The molecule has 1 aromatic carbocycles. The Kier molecular flexibility index (Phi) is 5.13. The third kappa shape index (κ3) is 3.87. The first kappa shape index (κ1) is 17.5. The van der Waals surface area contributed by atoms with Crippen LogP contribution in [0.25, 0.3) is 0 Å². The van der Waals surface area contributed by atoms with Crippen LogP contribution in [0.4, 0.5) is 8.78 Å². The summed E-state index contributed by atoms with van der Waals surface area (Å²) in [7, 11) is 0. The molecule has 2 aromatic rings. The van der Waals surface area contributed by atoms with E-state index in [1.807, 2.05) is 0 Å². The zero-order valence-electron chi connectivity index (χ0n) is 14.2. The number of benzene rings is 1. The van der Waals surface area contributed by atoms with Crippen LogP contribution in [0.3, 0.4) is 0 Å². The molecule has 134 valence electrons. The summed E-state index contributed by atoms with van der Waals surface area (Å²) in [6.45, 7) is 4.91. The van der Waals surface area contributed by atoms with E-state index in [0.717, 1.165) is 24.6 Å². The number of nitrogens with zero attached hydrogens (tertiary/aromatic N) is 1. The second-order valence-electron chi connectivity index (χ2n) is 6.43. The van der Waals surface area contributed by atoms with Crippen LogP contribution in [0, 0.1) is 25.5 Å². The van der Waals surface area contributed by atoms with E-state index in [2.05, 4.69) is 15.8 Å². The number of halogens is 2. The number of carbonyl (C=O) groups excluding carboxylic acids is 1.